The Morgan fingerprint density at radius 2 is 1.37 bits per heavy atom. The average Bonchev–Trinajstić information content (AvgIpc) is 2.96. The quantitative estimate of drug-likeness (QED) is 0.271. The van der Waals surface area contributed by atoms with Gasteiger partial charge in [-0.05, 0) is 79.0 Å². The van der Waals surface area contributed by atoms with Gasteiger partial charge in [0.05, 0.1) is 17.9 Å². The van der Waals surface area contributed by atoms with E-state index in [0.717, 1.165) is 11.1 Å². The topological polar surface area (TPSA) is 77.5 Å². The molecule has 3 heterocycles. The Balaban J connectivity index is 1.18. The van der Waals surface area contributed by atoms with Crippen molar-refractivity contribution in [2.75, 3.05) is 0 Å². The number of rotatable bonds is 8. The van der Waals surface area contributed by atoms with Gasteiger partial charge in [0.2, 0.25) is 0 Å². The first-order valence-corrected chi connectivity index (χ1v) is 16.9. The van der Waals surface area contributed by atoms with E-state index in [1.165, 1.54) is 5.56 Å². The molecule has 0 aliphatic carbocycles. The highest BCUT2D eigenvalue weighted by Gasteiger charge is 2.55. The molecule has 5 atom stereocenters. The van der Waals surface area contributed by atoms with Crippen molar-refractivity contribution in [3.8, 4) is 0 Å². The maximum absolute atomic E-state index is 13.4. The van der Waals surface area contributed by atoms with E-state index in [-0.39, 0.29) is 59.4 Å². The van der Waals surface area contributed by atoms with Gasteiger partial charge in [-0.15, -0.1) is 0 Å². The number of benzene rings is 2. The molecule has 2 aromatic rings. The Morgan fingerprint density at radius 3 is 2.02 bits per heavy atom. The fraction of sp³-hybridized carbons (Fsp3) is 0.632. The Labute approximate surface area is 275 Å². The lowest BCUT2D eigenvalue weighted by molar-refractivity contribution is -0.332. The first-order valence-electron chi connectivity index (χ1n) is 16.9. The fourth-order valence-electron chi connectivity index (χ4n) is 8.36. The number of piperidine rings is 2. The molecule has 2 saturated heterocycles. The van der Waals surface area contributed by atoms with Crippen LogP contribution in [0.25, 0.3) is 0 Å². The summed E-state index contributed by atoms with van der Waals surface area (Å²) in [5, 5.41) is 4.19. The van der Waals surface area contributed by atoms with Crippen LogP contribution in [0.4, 0.5) is 0 Å². The molecule has 0 saturated carbocycles. The molecule has 0 spiro atoms. The van der Waals surface area contributed by atoms with Crippen LogP contribution in [0.15, 0.2) is 54.6 Å². The standard InChI is InChI=1S/C38H54N2O6/c1-25(34(42)44-30-23-37(8,9)40-38(10,24-30)32-19-15-14-18-31(32)27(3)46-40)20-33(41)43-29-21-35(4,5)39(36(6,7)22-29)45-26(2)28-16-12-11-13-17-28/h11-19,25-27,29-30H,20-24H2,1-10H3. The van der Waals surface area contributed by atoms with Crippen LogP contribution >= 0.6 is 0 Å². The normalized spacial score (nSPS) is 28.7. The number of carbonyl (C=O) groups is 2. The number of esters is 2. The molecule has 3 aliphatic rings. The Hall–Kier alpha value is -2.78. The van der Waals surface area contributed by atoms with Gasteiger partial charge >= 0.3 is 11.9 Å². The predicted molar refractivity (Wildman–Crippen MR) is 177 cm³/mol. The van der Waals surface area contributed by atoms with Crippen LogP contribution in [-0.2, 0) is 34.3 Å². The van der Waals surface area contributed by atoms with Gasteiger partial charge in [-0.25, -0.2) is 0 Å². The van der Waals surface area contributed by atoms with Crippen LogP contribution in [0.2, 0.25) is 0 Å². The molecule has 0 aromatic heterocycles. The third kappa shape index (κ3) is 6.91. The summed E-state index contributed by atoms with van der Waals surface area (Å²) in [7, 11) is 0. The van der Waals surface area contributed by atoms with Crippen LogP contribution in [0, 0.1) is 5.92 Å². The zero-order chi connectivity index (χ0) is 33.7. The number of fused-ring (bicyclic) bond motifs is 3. The van der Waals surface area contributed by atoms with Crippen molar-refractivity contribution in [2.24, 2.45) is 5.92 Å². The van der Waals surface area contributed by atoms with E-state index in [0.29, 0.717) is 25.7 Å². The molecule has 3 aliphatic heterocycles. The zero-order valence-electron chi connectivity index (χ0n) is 29.5. The zero-order valence-corrected chi connectivity index (χ0v) is 29.5. The summed E-state index contributed by atoms with van der Waals surface area (Å²) in [6.45, 7) is 20.8. The highest BCUT2D eigenvalue weighted by molar-refractivity contribution is 5.79. The summed E-state index contributed by atoms with van der Waals surface area (Å²) in [5.41, 5.74) is 1.91. The van der Waals surface area contributed by atoms with Crippen LogP contribution in [0.3, 0.4) is 0 Å². The van der Waals surface area contributed by atoms with Crippen molar-refractivity contribution in [3.63, 3.8) is 0 Å². The smallest absolute Gasteiger partial charge is 0.309 e. The summed E-state index contributed by atoms with van der Waals surface area (Å²) in [6, 6.07) is 18.5. The second kappa shape index (κ2) is 12.7. The minimum absolute atomic E-state index is 0.0234. The third-order valence-corrected chi connectivity index (χ3v) is 10.1. The second-order valence-corrected chi connectivity index (χ2v) is 15.9. The van der Waals surface area contributed by atoms with E-state index in [1.807, 2.05) is 24.3 Å². The van der Waals surface area contributed by atoms with Crippen molar-refractivity contribution in [1.29, 1.82) is 0 Å². The SMILES string of the molecule is CC(CC(=O)OC1CC(C)(C)N(OC(C)c2ccccc2)C(C)(C)C1)C(=O)OC1CC(C)(C)N2OC(C)c3ccccc3C2(C)C1. The van der Waals surface area contributed by atoms with E-state index in [9.17, 15) is 9.59 Å². The molecule has 0 N–H and O–H groups in total. The highest BCUT2D eigenvalue weighted by atomic mass is 16.7. The molecule has 5 rings (SSSR count). The lowest BCUT2D eigenvalue weighted by atomic mass is 9.73. The Morgan fingerprint density at radius 1 is 0.804 bits per heavy atom. The predicted octanol–water partition coefficient (Wildman–Crippen LogP) is 7.98. The van der Waals surface area contributed by atoms with Crippen LogP contribution in [-0.4, -0.2) is 50.9 Å². The molecule has 0 amide bonds. The summed E-state index contributed by atoms with van der Waals surface area (Å²) in [4.78, 5) is 39.6. The van der Waals surface area contributed by atoms with Crippen LogP contribution in [0.1, 0.15) is 130 Å². The van der Waals surface area contributed by atoms with Crippen LogP contribution < -0.4 is 0 Å². The number of hydroxylamine groups is 4. The van der Waals surface area contributed by atoms with Gasteiger partial charge in [0.1, 0.15) is 24.4 Å². The van der Waals surface area contributed by atoms with Crippen molar-refractivity contribution >= 4 is 11.9 Å². The van der Waals surface area contributed by atoms with Crippen molar-refractivity contribution < 1.29 is 28.7 Å². The molecular weight excluding hydrogens is 580 g/mol. The summed E-state index contributed by atoms with van der Waals surface area (Å²) >= 11 is 0. The minimum Gasteiger partial charge on any atom is -0.462 e. The van der Waals surface area contributed by atoms with Gasteiger partial charge in [-0.1, -0.05) is 61.5 Å². The molecule has 2 fully saturated rings. The first-order chi connectivity index (χ1) is 21.4. The van der Waals surface area contributed by atoms with E-state index in [1.54, 1.807) is 6.92 Å². The number of nitrogens with zero attached hydrogens (tertiary/aromatic N) is 2. The third-order valence-electron chi connectivity index (χ3n) is 10.1. The van der Waals surface area contributed by atoms with Gasteiger partial charge in [0, 0.05) is 42.3 Å². The monoisotopic (exact) mass is 634 g/mol. The highest BCUT2D eigenvalue weighted by Crippen LogP contribution is 2.52. The lowest BCUT2D eigenvalue weighted by Gasteiger charge is -2.58. The number of ether oxygens (including phenoxy) is 2. The van der Waals surface area contributed by atoms with E-state index >= 15 is 0 Å². The van der Waals surface area contributed by atoms with Gasteiger partial charge in [-0.3, -0.25) is 19.3 Å². The minimum atomic E-state index is -0.618. The molecule has 8 nitrogen and oxygen atoms in total. The van der Waals surface area contributed by atoms with Gasteiger partial charge < -0.3 is 9.47 Å². The summed E-state index contributed by atoms with van der Waals surface area (Å²) in [5.74, 6) is -1.36. The molecule has 46 heavy (non-hydrogen) atoms. The van der Waals surface area contributed by atoms with E-state index in [4.69, 9.17) is 19.1 Å². The Bertz CT molecular complexity index is 1390. The van der Waals surface area contributed by atoms with E-state index < -0.39 is 11.5 Å². The van der Waals surface area contributed by atoms with Gasteiger partial charge in [0.25, 0.3) is 0 Å². The molecule has 2 aromatic carbocycles. The van der Waals surface area contributed by atoms with E-state index in [2.05, 4.69) is 103 Å². The van der Waals surface area contributed by atoms with Gasteiger partial charge in [-0.2, -0.15) is 10.1 Å². The molecular formula is C38H54N2O6. The summed E-state index contributed by atoms with van der Waals surface area (Å²) in [6.07, 6.45) is 1.70. The van der Waals surface area contributed by atoms with Gasteiger partial charge in [0.15, 0.2) is 0 Å². The molecule has 0 radical (unpaired) electrons. The molecule has 8 heteroatoms. The summed E-state index contributed by atoms with van der Waals surface area (Å²) < 4.78 is 12.2. The number of hydrogen-bond acceptors (Lipinski definition) is 8. The molecule has 252 valence electrons. The van der Waals surface area contributed by atoms with Crippen molar-refractivity contribution in [2.45, 2.75) is 148 Å². The average molecular weight is 635 g/mol. The lowest BCUT2D eigenvalue weighted by Crippen LogP contribution is -2.63. The fourth-order valence-corrected chi connectivity index (χ4v) is 8.36. The van der Waals surface area contributed by atoms with Crippen molar-refractivity contribution in [1.82, 2.24) is 10.1 Å². The second-order valence-electron chi connectivity index (χ2n) is 15.9. The molecule has 0 bridgehead atoms. The molecule has 5 unspecified atom stereocenters. The number of hydrogen-bond donors (Lipinski definition) is 0. The van der Waals surface area contributed by atoms with Crippen molar-refractivity contribution in [3.05, 3.63) is 71.3 Å². The maximum Gasteiger partial charge on any atom is 0.309 e. The first kappa shape index (κ1) is 34.6. The number of carbonyl (C=O) groups excluding carboxylic acids is 2. The van der Waals surface area contributed by atoms with Crippen LogP contribution in [0.5, 0.6) is 0 Å². The largest absolute Gasteiger partial charge is 0.462 e. The Kier molecular flexibility index (Phi) is 9.52. The maximum atomic E-state index is 13.4.